The molecule has 2 aromatic heterocycles. The highest BCUT2D eigenvalue weighted by molar-refractivity contribution is 5.78. The Morgan fingerprint density at radius 2 is 2.19 bits per heavy atom. The first-order chi connectivity index (χ1) is 7.95. The molecule has 1 unspecified atom stereocenters. The van der Waals surface area contributed by atoms with Crippen molar-refractivity contribution in [1.29, 1.82) is 0 Å². The van der Waals surface area contributed by atoms with E-state index in [0.717, 1.165) is 5.69 Å². The summed E-state index contributed by atoms with van der Waals surface area (Å²) in [7, 11) is 0. The van der Waals surface area contributed by atoms with E-state index in [4.69, 9.17) is 0 Å². The van der Waals surface area contributed by atoms with Crippen LogP contribution in [-0.4, -0.2) is 15.8 Å². The van der Waals surface area contributed by atoms with Gasteiger partial charge in [0.1, 0.15) is 0 Å². The van der Waals surface area contributed by atoms with Crippen molar-refractivity contribution in [1.82, 2.24) is 9.55 Å². The largest absolute Gasteiger partial charge is 0.336 e. The van der Waals surface area contributed by atoms with Gasteiger partial charge in [0.25, 0.3) is 0 Å². The Kier molecular flexibility index (Phi) is 2.14. The van der Waals surface area contributed by atoms with E-state index in [-0.39, 0.29) is 6.04 Å². The zero-order chi connectivity index (χ0) is 10.8. The number of hydrogen-bond acceptors (Lipinski definition) is 2. The molecule has 1 atom stereocenters. The molecule has 0 spiro atoms. The second kappa shape index (κ2) is 3.77. The van der Waals surface area contributed by atoms with Gasteiger partial charge in [-0.25, -0.2) is 0 Å². The van der Waals surface area contributed by atoms with Crippen LogP contribution in [0.4, 0.5) is 0 Å². The zero-order valence-electron chi connectivity index (χ0n) is 8.69. The van der Waals surface area contributed by atoms with E-state index in [9.17, 15) is 0 Å². The van der Waals surface area contributed by atoms with E-state index in [1.807, 2.05) is 30.7 Å². The molecule has 3 nitrogen and oxygen atoms in total. The molecule has 0 radical (unpaired) electrons. The van der Waals surface area contributed by atoms with Crippen LogP contribution < -0.4 is 0 Å². The van der Waals surface area contributed by atoms with Crippen LogP contribution in [0.5, 0.6) is 0 Å². The van der Waals surface area contributed by atoms with Gasteiger partial charge in [-0.15, -0.1) is 0 Å². The van der Waals surface area contributed by atoms with Crippen molar-refractivity contribution in [2.75, 3.05) is 0 Å². The molecule has 0 saturated carbocycles. The Balaban J connectivity index is 2.11. The third-order valence-corrected chi connectivity index (χ3v) is 2.70. The lowest BCUT2D eigenvalue weighted by molar-refractivity contribution is 0.699. The molecule has 0 aliphatic carbocycles. The molecule has 0 aromatic carbocycles. The summed E-state index contributed by atoms with van der Waals surface area (Å²) >= 11 is 0. The average Bonchev–Trinajstić information content (AvgIpc) is 2.70. The van der Waals surface area contributed by atoms with E-state index in [1.54, 1.807) is 6.20 Å². The third-order valence-electron chi connectivity index (χ3n) is 2.70. The standard InChI is InChI=1S/C13H11N3/c1-3-11(9-14-6-1)13-5-7-15-10-12-4-2-8-16(12)13/h1-10,13H. The first-order valence-corrected chi connectivity index (χ1v) is 5.22. The monoisotopic (exact) mass is 209 g/mol. The lowest BCUT2D eigenvalue weighted by Gasteiger charge is -2.15. The van der Waals surface area contributed by atoms with Crippen LogP contribution in [0.25, 0.3) is 0 Å². The van der Waals surface area contributed by atoms with Gasteiger partial charge < -0.3 is 4.57 Å². The molecule has 3 heterocycles. The molecular weight excluding hydrogens is 198 g/mol. The summed E-state index contributed by atoms with van der Waals surface area (Å²) in [5.74, 6) is 0. The van der Waals surface area contributed by atoms with Gasteiger partial charge in [-0.3, -0.25) is 9.98 Å². The highest BCUT2D eigenvalue weighted by Gasteiger charge is 2.13. The number of pyridine rings is 1. The normalized spacial score (nSPS) is 18.1. The number of fused-ring (bicyclic) bond motifs is 1. The Hall–Kier alpha value is -2.16. The van der Waals surface area contributed by atoms with Crippen molar-refractivity contribution >= 4 is 6.21 Å². The molecule has 0 N–H and O–H groups in total. The SMILES string of the molecule is C1=CC(c2cccnc2)n2cccc2C=N1. The van der Waals surface area contributed by atoms with Crippen molar-refractivity contribution in [2.45, 2.75) is 6.04 Å². The van der Waals surface area contributed by atoms with Crippen LogP contribution in [0, 0.1) is 0 Å². The maximum Gasteiger partial charge on any atom is 0.0802 e. The fraction of sp³-hybridized carbons (Fsp3) is 0.0769. The van der Waals surface area contributed by atoms with E-state index in [0.29, 0.717) is 0 Å². The fourth-order valence-electron chi connectivity index (χ4n) is 1.94. The first-order valence-electron chi connectivity index (χ1n) is 5.22. The van der Waals surface area contributed by atoms with E-state index in [1.165, 1.54) is 5.56 Å². The van der Waals surface area contributed by atoms with Crippen molar-refractivity contribution in [2.24, 2.45) is 4.99 Å². The van der Waals surface area contributed by atoms with Crippen LogP contribution in [0.2, 0.25) is 0 Å². The van der Waals surface area contributed by atoms with Crippen LogP contribution in [-0.2, 0) is 0 Å². The van der Waals surface area contributed by atoms with Gasteiger partial charge in [0.15, 0.2) is 0 Å². The van der Waals surface area contributed by atoms with Gasteiger partial charge in [0.05, 0.1) is 18.0 Å². The highest BCUT2D eigenvalue weighted by atomic mass is 15.0. The van der Waals surface area contributed by atoms with Crippen molar-refractivity contribution in [3.63, 3.8) is 0 Å². The summed E-state index contributed by atoms with van der Waals surface area (Å²) in [5, 5.41) is 0. The second-order valence-corrected chi connectivity index (χ2v) is 3.69. The Morgan fingerprint density at radius 3 is 3.06 bits per heavy atom. The van der Waals surface area contributed by atoms with Gasteiger partial charge in [0.2, 0.25) is 0 Å². The molecule has 0 amide bonds. The summed E-state index contributed by atoms with van der Waals surface area (Å²) in [5.41, 5.74) is 2.28. The Bertz CT molecular complexity index is 537. The average molecular weight is 209 g/mol. The minimum absolute atomic E-state index is 0.182. The summed E-state index contributed by atoms with van der Waals surface area (Å²) < 4.78 is 2.18. The number of allylic oxidation sites excluding steroid dienone is 1. The molecule has 1 aliphatic rings. The number of aliphatic imine (C=N–C) groups is 1. The van der Waals surface area contributed by atoms with Gasteiger partial charge in [-0.1, -0.05) is 6.07 Å². The van der Waals surface area contributed by atoms with Crippen molar-refractivity contribution < 1.29 is 0 Å². The lowest BCUT2D eigenvalue weighted by Crippen LogP contribution is -2.09. The molecule has 16 heavy (non-hydrogen) atoms. The number of aromatic nitrogens is 2. The molecule has 3 heteroatoms. The first kappa shape index (κ1) is 9.09. The maximum absolute atomic E-state index is 4.21. The molecule has 78 valence electrons. The van der Waals surface area contributed by atoms with Gasteiger partial charge in [-0.05, 0) is 29.8 Å². The quantitative estimate of drug-likeness (QED) is 0.709. The van der Waals surface area contributed by atoms with Crippen LogP contribution in [0.15, 0.2) is 60.1 Å². The molecule has 0 saturated heterocycles. The van der Waals surface area contributed by atoms with Crippen LogP contribution >= 0.6 is 0 Å². The van der Waals surface area contributed by atoms with Crippen LogP contribution in [0.1, 0.15) is 17.3 Å². The van der Waals surface area contributed by atoms with E-state index >= 15 is 0 Å². The van der Waals surface area contributed by atoms with E-state index < -0.39 is 0 Å². The molecule has 0 fully saturated rings. The lowest BCUT2D eigenvalue weighted by atomic mass is 10.1. The summed E-state index contributed by atoms with van der Waals surface area (Å²) in [6.45, 7) is 0. The van der Waals surface area contributed by atoms with Crippen molar-refractivity contribution in [3.8, 4) is 0 Å². The molecular formula is C13H11N3. The minimum atomic E-state index is 0.182. The zero-order valence-corrected chi connectivity index (χ0v) is 8.69. The molecule has 2 aromatic rings. The Morgan fingerprint density at radius 1 is 1.19 bits per heavy atom. The minimum Gasteiger partial charge on any atom is -0.336 e. The van der Waals surface area contributed by atoms with Gasteiger partial charge in [0, 0.05) is 24.8 Å². The number of nitrogens with zero attached hydrogens (tertiary/aromatic N) is 3. The molecule has 1 aliphatic heterocycles. The molecule has 0 bridgehead atoms. The summed E-state index contributed by atoms with van der Waals surface area (Å²) in [6.07, 6.45) is 11.5. The molecule has 3 rings (SSSR count). The Labute approximate surface area is 93.8 Å². The smallest absolute Gasteiger partial charge is 0.0802 e. The number of hydrogen-bond donors (Lipinski definition) is 0. The predicted molar refractivity (Wildman–Crippen MR) is 63.5 cm³/mol. The summed E-state index contributed by atoms with van der Waals surface area (Å²) in [6, 6.07) is 8.31. The third kappa shape index (κ3) is 1.46. The van der Waals surface area contributed by atoms with Crippen LogP contribution in [0.3, 0.4) is 0 Å². The van der Waals surface area contributed by atoms with Gasteiger partial charge in [-0.2, -0.15) is 0 Å². The van der Waals surface area contributed by atoms with Crippen molar-refractivity contribution in [3.05, 3.63) is 66.4 Å². The van der Waals surface area contributed by atoms with Gasteiger partial charge >= 0.3 is 0 Å². The number of rotatable bonds is 1. The highest BCUT2D eigenvalue weighted by Crippen LogP contribution is 2.22. The fourth-order valence-corrected chi connectivity index (χ4v) is 1.94. The maximum atomic E-state index is 4.21. The summed E-state index contributed by atoms with van der Waals surface area (Å²) in [4.78, 5) is 8.37. The predicted octanol–water partition coefficient (Wildman–Crippen LogP) is 2.42. The second-order valence-electron chi connectivity index (χ2n) is 3.69. The van der Waals surface area contributed by atoms with E-state index in [2.05, 4.69) is 38.9 Å². The topological polar surface area (TPSA) is 30.2 Å².